The minimum Gasteiger partial charge on any atom is -0.244 e. The molecule has 1 radical (unpaired) electrons. The van der Waals surface area contributed by atoms with Crippen LogP contribution in [0.1, 0.15) is 0 Å². The maximum Gasteiger partial charge on any atom is 0.177 e. The smallest absolute Gasteiger partial charge is 0.177 e. The molecular formula is C9H5N4S2. The van der Waals surface area contributed by atoms with E-state index in [9.17, 15) is 0 Å². The summed E-state index contributed by atoms with van der Waals surface area (Å²) in [5.74, 6) is 0.816. The fourth-order valence-corrected chi connectivity index (χ4v) is 2.63. The van der Waals surface area contributed by atoms with Gasteiger partial charge in [-0.25, -0.2) is 9.67 Å². The van der Waals surface area contributed by atoms with Gasteiger partial charge in [0, 0.05) is 23.2 Å². The average molecular weight is 233 g/mol. The first-order valence-corrected chi connectivity index (χ1v) is 5.93. The van der Waals surface area contributed by atoms with Crippen molar-refractivity contribution in [2.45, 2.75) is 0 Å². The van der Waals surface area contributed by atoms with Crippen molar-refractivity contribution < 1.29 is 0 Å². The molecule has 0 fully saturated rings. The van der Waals surface area contributed by atoms with Gasteiger partial charge in [0.05, 0.1) is 5.56 Å². The maximum atomic E-state index is 4.30. The molecule has 0 bridgehead atoms. The zero-order chi connectivity index (χ0) is 10.1. The summed E-state index contributed by atoms with van der Waals surface area (Å²) < 4.78 is 6.01. The summed E-state index contributed by atoms with van der Waals surface area (Å²) in [5, 5.41) is 8.94. The van der Waals surface area contributed by atoms with Gasteiger partial charge in [0.15, 0.2) is 5.82 Å². The number of rotatable bonds is 2. The molecule has 0 aliphatic rings. The van der Waals surface area contributed by atoms with Crippen molar-refractivity contribution in [1.82, 2.24) is 19.1 Å². The Kier molecular flexibility index (Phi) is 2.08. The molecule has 0 saturated carbocycles. The Morgan fingerprint density at radius 2 is 2.40 bits per heavy atom. The van der Waals surface area contributed by atoms with E-state index in [1.54, 1.807) is 28.3 Å². The van der Waals surface area contributed by atoms with Gasteiger partial charge >= 0.3 is 0 Å². The van der Waals surface area contributed by atoms with Gasteiger partial charge in [-0.3, -0.25) is 0 Å². The lowest BCUT2D eigenvalue weighted by Crippen LogP contribution is -1.96. The van der Waals surface area contributed by atoms with Gasteiger partial charge < -0.3 is 0 Å². The fraction of sp³-hybridized carbons (Fsp3) is 0. The first kappa shape index (κ1) is 8.75. The van der Waals surface area contributed by atoms with Gasteiger partial charge in [-0.15, -0.1) is 11.3 Å². The fourth-order valence-electron chi connectivity index (χ4n) is 1.25. The molecular weight excluding hydrogens is 228 g/mol. The highest BCUT2D eigenvalue weighted by Crippen LogP contribution is 2.28. The van der Waals surface area contributed by atoms with E-state index in [2.05, 4.69) is 20.7 Å². The van der Waals surface area contributed by atoms with Crippen LogP contribution in [0, 0.1) is 6.20 Å². The second-order valence-corrected chi connectivity index (χ2v) is 4.30. The molecule has 15 heavy (non-hydrogen) atoms. The third-order valence-corrected chi connectivity index (χ3v) is 3.31. The van der Waals surface area contributed by atoms with E-state index in [-0.39, 0.29) is 0 Å². The SMILES string of the molecule is [c]1ccn(-c2nscc2-c2nccs2)n1. The van der Waals surface area contributed by atoms with Crippen LogP contribution in [0.3, 0.4) is 0 Å². The minimum absolute atomic E-state index is 0.816. The van der Waals surface area contributed by atoms with E-state index in [1.807, 2.05) is 17.0 Å². The van der Waals surface area contributed by atoms with Crippen molar-refractivity contribution in [2.24, 2.45) is 0 Å². The highest BCUT2D eigenvalue weighted by Gasteiger charge is 2.12. The predicted octanol–water partition coefficient (Wildman–Crippen LogP) is 2.25. The van der Waals surface area contributed by atoms with E-state index in [0.717, 1.165) is 16.4 Å². The molecule has 0 spiro atoms. The molecule has 0 atom stereocenters. The van der Waals surface area contributed by atoms with Gasteiger partial charge in [0.1, 0.15) is 11.2 Å². The average Bonchev–Trinajstić information content (AvgIpc) is 3.01. The Morgan fingerprint density at radius 3 is 3.13 bits per heavy atom. The highest BCUT2D eigenvalue weighted by atomic mass is 32.1. The standard InChI is InChI=1S/C9H5N4S2/c1-2-11-13(4-1)8-7(6-15-12-8)9-10-3-5-14-9/h1,3-6H. The molecule has 0 N–H and O–H groups in total. The van der Waals surface area contributed by atoms with E-state index < -0.39 is 0 Å². The van der Waals surface area contributed by atoms with E-state index in [0.29, 0.717) is 0 Å². The molecule has 0 aliphatic heterocycles. The summed E-state index contributed by atoms with van der Waals surface area (Å²) in [4.78, 5) is 4.26. The topological polar surface area (TPSA) is 43.6 Å². The Morgan fingerprint density at radius 1 is 1.40 bits per heavy atom. The summed E-state index contributed by atoms with van der Waals surface area (Å²) in [6.07, 6.45) is 6.37. The van der Waals surface area contributed by atoms with Gasteiger partial charge in [0.2, 0.25) is 0 Å². The molecule has 73 valence electrons. The summed E-state index contributed by atoms with van der Waals surface area (Å²) in [6, 6.07) is 1.75. The molecule has 0 saturated heterocycles. The first-order chi connectivity index (χ1) is 7.45. The molecule has 0 aromatic carbocycles. The number of thiazole rings is 1. The first-order valence-electron chi connectivity index (χ1n) is 4.21. The number of hydrogen-bond donors (Lipinski definition) is 0. The van der Waals surface area contributed by atoms with Crippen molar-refractivity contribution in [3.63, 3.8) is 0 Å². The van der Waals surface area contributed by atoms with Gasteiger partial charge in [-0.1, -0.05) is 0 Å². The molecule has 3 aromatic rings. The normalized spacial score (nSPS) is 10.7. The Bertz CT molecular complexity index is 490. The molecule has 0 aliphatic carbocycles. The summed E-state index contributed by atoms with van der Waals surface area (Å²) in [6.45, 7) is 0. The Labute approximate surface area is 94.0 Å². The van der Waals surface area contributed by atoms with Gasteiger partial charge in [-0.2, -0.15) is 9.47 Å². The molecule has 3 aromatic heterocycles. The molecule has 3 rings (SSSR count). The monoisotopic (exact) mass is 233 g/mol. The summed E-state index contributed by atoms with van der Waals surface area (Å²) in [7, 11) is 0. The van der Waals surface area contributed by atoms with Crippen molar-refractivity contribution in [3.05, 3.63) is 35.4 Å². The van der Waals surface area contributed by atoms with Gasteiger partial charge in [-0.05, 0) is 17.6 Å². The van der Waals surface area contributed by atoms with E-state index >= 15 is 0 Å². The third-order valence-electron chi connectivity index (χ3n) is 1.89. The maximum absolute atomic E-state index is 4.30. The van der Waals surface area contributed by atoms with Crippen LogP contribution in [-0.4, -0.2) is 19.1 Å². The molecule has 3 heterocycles. The van der Waals surface area contributed by atoms with Crippen LogP contribution in [0.5, 0.6) is 0 Å². The van der Waals surface area contributed by atoms with Crippen molar-refractivity contribution in [3.8, 4) is 16.4 Å². The van der Waals surface area contributed by atoms with Crippen LogP contribution in [0.25, 0.3) is 16.4 Å². The zero-order valence-corrected chi connectivity index (χ0v) is 9.13. The van der Waals surface area contributed by atoms with E-state index in [1.165, 1.54) is 11.5 Å². The Balaban J connectivity index is 2.15. The largest absolute Gasteiger partial charge is 0.244 e. The van der Waals surface area contributed by atoms with Crippen LogP contribution in [0.15, 0.2) is 29.2 Å². The van der Waals surface area contributed by atoms with Gasteiger partial charge in [0.25, 0.3) is 0 Å². The predicted molar refractivity (Wildman–Crippen MR) is 59.2 cm³/mol. The van der Waals surface area contributed by atoms with Crippen LogP contribution in [0.2, 0.25) is 0 Å². The second-order valence-electron chi connectivity index (χ2n) is 2.78. The molecule has 0 unspecified atom stereocenters. The van der Waals surface area contributed by atoms with Crippen LogP contribution >= 0.6 is 22.9 Å². The lowest BCUT2D eigenvalue weighted by atomic mass is 10.3. The zero-order valence-electron chi connectivity index (χ0n) is 7.49. The van der Waals surface area contributed by atoms with Crippen LogP contribution < -0.4 is 0 Å². The number of nitrogens with zero attached hydrogens (tertiary/aromatic N) is 4. The summed E-state index contributed by atoms with van der Waals surface area (Å²) >= 11 is 3.00. The highest BCUT2D eigenvalue weighted by molar-refractivity contribution is 7.13. The number of aromatic nitrogens is 4. The second kappa shape index (κ2) is 3.56. The minimum atomic E-state index is 0.816. The van der Waals surface area contributed by atoms with Crippen LogP contribution in [0.4, 0.5) is 0 Å². The molecule has 6 heteroatoms. The van der Waals surface area contributed by atoms with Crippen molar-refractivity contribution in [2.75, 3.05) is 0 Å². The molecule has 4 nitrogen and oxygen atoms in total. The number of hydrogen-bond acceptors (Lipinski definition) is 5. The summed E-state index contributed by atoms with van der Waals surface area (Å²) in [5.41, 5.74) is 1.02. The van der Waals surface area contributed by atoms with Crippen LogP contribution in [-0.2, 0) is 0 Å². The van der Waals surface area contributed by atoms with E-state index in [4.69, 9.17) is 0 Å². The Hall–Kier alpha value is -1.53. The lowest BCUT2D eigenvalue weighted by molar-refractivity contribution is 0.859. The quantitative estimate of drug-likeness (QED) is 0.682. The van der Waals surface area contributed by atoms with Crippen molar-refractivity contribution >= 4 is 22.9 Å². The third kappa shape index (κ3) is 1.47. The molecule has 0 amide bonds. The van der Waals surface area contributed by atoms with Crippen molar-refractivity contribution in [1.29, 1.82) is 0 Å². The lowest BCUT2D eigenvalue weighted by Gasteiger charge is -1.97.